The van der Waals surface area contributed by atoms with Gasteiger partial charge in [0.15, 0.2) is 0 Å². The predicted octanol–water partition coefficient (Wildman–Crippen LogP) is 2.23. The van der Waals surface area contributed by atoms with Crippen molar-refractivity contribution in [3.05, 3.63) is 40.8 Å². The van der Waals surface area contributed by atoms with Gasteiger partial charge in [0.1, 0.15) is 5.58 Å². The van der Waals surface area contributed by atoms with E-state index in [1.165, 1.54) is 12.1 Å². The lowest BCUT2D eigenvalue weighted by atomic mass is 9.95. The second-order valence-electron chi connectivity index (χ2n) is 6.19. The van der Waals surface area contributed by atoms with E-state index in [9.17, 15) is 13.2 Å². The molecule has 0 aliphatic carbocycles. The second-order valence-corrected chi connectivity index (χ2v) is 8.13. The first-order chi connectivity index (χ1) is 11.5. The molecule has 0 atom stereocenters. The molecule has 2 aromatic rings. The SMILES string of the molecule is CNCCC1CCN(S(=O)(=O)c2ccc3oc(=O)ccc3c2)CC1.Cl. The third kappa shape index (κ3) is 4.41. The van der Waals surface area contributed by atoms with E-state index in [-0.39, 0.29) is 17.3 Å². The maximum atomic E-state index is 12.8. The molecule has 1 N–H and O–H groups in total. The average molecular weight is 387 g/mol. The van der Waals surface area contributed by atoms with Crippen LogP contribution in [0.25, 0.3) is 11.0 Å². The van der Waals surface area contributed by atoms with E-state index in [0.717, 1.165) is 25.8 Å². The molecule has 0 amide bonds. The van der Waals surface area contributed by atoms with Crippen LogP contribution in [0.5, 0.6) is 0 Å². The fourth-order valence-electron chi connectivity index (χ4n) is 3.15. The first-order valence-corrected chi connectivity index (χ1v) is 9.63. The number of fused-ring (bicyclic) bond motifs is 1. The Morgan fingerprint density at radius 2 is 1.92 bits per heavy atom. The quantitative estimate of drug-likeness (QED) is 0.797. The lowest BCUT2D eigenvalue weighted by molar-refractivity contribution is 0.263. The maximum Gasteiger partial charge on any atom is 0.336 e. The van der Waals surface area contributed by atoms with Gasteiger partial charge in [-0.1, -0.05) is 0 Å². The van der Waals surface area contributed by atoms with E-state index in [1.807, 2.05) is 7.05 Å². The number of piperidine rings is 1. The van der Waals surface area contributed by atoms with Gasteiger partial charge in [-0.05, 0) is 63.0 Å². The Hall–Kier alpha value is -1.41. The Bertz CT molecular complexity index is 874. The maximum absolute atomic E-state index is 12.8. The molecule has 3 rings (SSSR count). The number of nitrogens with zero attached hydrogens (tertiary/aromatic N) is 1. The van der Waals surface area contributed by atoms with Gasteiger partial charge in [0.05, 0.1) is 4.90 Å². The number of sulfonamides is 1. The van der Waals surface area contributed by atoms with Crippen molar-refractivity contribution >= 4 is 33.4 Å². The summed E-state index contributed by atoms with van der Waals surface area (Å²) in [5.41, 5.74) is -0.0472. The van der Waals surface area contributed by atoms with Crippen molar-refractivity contribution in [3.63, 3.8) is 0 Å². The molecule has 1 aromatic carbocycles. The van der Waals surface area contributed by atoms with Crippen LogP contribution in [0.15, 0.2) is 44.4 Å². The van der Waals surface area contributed by atoms with Crippen LogP contribution in [-0.2, 0) is 10.0 Å². The van der Waals surface area contributed by atoms with Gasteiger partial charge in [-0.2, -0.15) is 4.31 Å². The van der Waals surface area contributed by atoms with Crippen LogP contribution in [0.3, 0.4) is 0 Å². The van der Waals surface area contributed by atoms with Crippen LogP contribution in [0.2, 0.25) is 0 Å². The largest absolute Gasteiger partial charge is 0.423 e. The van der Waals surface area contributed by atoms with Crippen molar-refractivity contribution in [3.8, 4) is 0 Å². The summed E-state index contributed by atoms with van der Waals surface area (Å²) in [4.78, 5) is 11.5. The van der Waals surface area contributed by atoms with Gasteiger partial charge >= 0.3 is 5.63 Å². The molecule has 0 radical (unpaired) electrons. The fraction of sp³-hybridized carbons (Fsp3) is 0.471. The molecule has 0 saturated carbocycles. The summed E-state index contributed by atoms with van der Waals surface area (Å²) in [7, 11) is -1.58. The number of benzene rings is 1. The topological polar surface area (TPSA) is 79.6 Å². The summed E-state index contributed by atoms with van der Waals surface area (Å²) in [5, 5.41) is 3.75. The number of halogens is 1. The molecule has 1 fully saturated rings. The van der Waals surface area contributed by atoms with Crippen LogP contribution in [0, 0.1) is 5.92 Å². The minimum Gasteiger partial charge on any atom is -0.423 e. The first kappa shape index (κ1) is 19.9. The van der Waals surface area contributed by atoms with Crippen molar-refractivity contribution in [2.75, 3.05) is 26.7 Å². The molecule has 8 heteroatoms. The minimum absolute atomic E-state index is 0. The van der Waals surface area contributed by atoms with Crippen LogP contribution < -0.4 is 10.9 Å². The van der Waals surface area contributed by atoms with Crippen LogP contribution in [0.4, 0.5) is 0 Å². The van der Waals surface area contributed by atoms with Crippen molar-refractivity contribution in [1.82, 2.24) is 9.62 Å². The van der Waals surface area contributed by atoms with E-state index in [0.29, 0.717) is 30.0 Å². The van der Waals surface area contributed by atoms with Crippen LogP contribution >= 0.6 is 12.4 Å². The van der Waals surface area contributed by atoms with Crippen LogP contribution in [-0.4, -0.2) is 39.4 Å². The summed E-state index contributed by atoms with van der Waals surface area (Å²) in [5.74, 6) is 0.578. The number of hydrogen-bond acceptors (Lipinski definition) is 5. The molecule has 0 unspecified atom stereocenters. The zero-order valence-corrected chi connectivity index (χ0v) is 15.7. The third-order valence-electron chi connectivity index (χ3n) is 4.60. The highest BCUT2D eigenvalue weighted by molar-refractivity contribution is 7.89. The van der Waals surface area contributed by atoms with Crippen molar-refractivity contribution in [1.29, 1.82) is 0 Å². The van der Waals surface area contributed by atoms with Crippen LogP contribution in [0.1, 0.15) is 19.3 Å². The van der Waals surface area contributed by atoms with Crippen molar-refractivity contribution < 1.29 is 12.8 Å². The predicted molar refractivity (Wildman–Crippen MR) is 99.8 cm³/mol. The zero-order valence-electron chi connectivity index (χ0n) is 14.1. The molecule has 1 saturated heterocycles. The molecular formula is C17H23ClN2O4S. The Balaban J connectivity index is 0.00000225. The Morgan fingerprint density at radius 3 is 2.60 bits per heavy atom. The van der Waals surface area contributed by atoms with E-state index >= 15 is 0 Å². The normalized spacial score (nSPS) is 16.7. The van der Waals surface area contributed by atoms with E-state index in [2.05, 4.69) is 5.32 Å². The van der Waals surface area contributed by atoms with Gasteiger partial charge in [0, 0.05) is 24.5 Å². The molecule has 6 nitrogen and oxygen atoms in total. The molecule has 25 heavy (non-hydrogen) atoms. The van der Waals surface area contributed by atoms with E-state index < -0.39 is 15.6 Å². The highest BCUT2D eigenvalue weighted by atomic mass is 35.5. The Morgan fingerprint density at radius 1 is 1.20 bits per heavy atom. The van der Waals surface area contributed by atoms with Gasteiger partial charge in [0.25, 0.3) is 0 Å². The summed E-state index contributed by atoms with van der Waals surface area (Å²) >= 11 is 0. The summed E-state index contributed by atoms with van der Waals surface area (Å²) < 4.78 is 32.3. The highest BCUT2D eigenvalue weighted by Gasteiger charge is 2.29. The van der Waals surface area contributed by atoms with E-state index in [1.54, 1.807) is 22.5 Å². The summed E-state index contributed by atoms with van der Waals surface area (Å²) in [6.07, 6.45) is 2.87. The van der Waals surface area contributed by atoms with Crippen molar-refractivity contribution in [2.24, 2.45) is 5.92 Å². The molecule has 1 aliphatic rings. The number of rotatable bonds is 5. The second kappa shape index (κ2) is 8.31. The first-order valence-electron chi connectivity index (χ1n) is 8.19. The molecule has 0 bridgehead atoms. The molecule has 138 valence electrons. The van der Waals surface area contributed by atoms with Gasteiger partial charge in [-0.15, -0.1) is 12.4 Å². The van der Waals surface area contributed by atoms with E-state index in [4.69, 9.17) is 4.42 Å². The third-order valence-corrected chi connectivity index (χ3v) is 6.50. The molecular weight excluding hydrogens is 364 g/mol. The zero-order chi connectivity index (χ0) is 17.2. The molecule has 0 spiro atoms. The Kier molecular flexibility index (Phi) is 6.62. The smallest absolute Gasteiger partial charge is 0.336 e. The minimum atomic E-state index is -3.51. The number of nitrogens with one attached hydrogen (secondary N) is 1. The average Bonchev–Trinajstić information content (AvgIpc) is 2.59. The van der Waals surface area contributed by atoms with Crippen molar-refractivity contribution in [2.45, 2.75) is 24.2 Å². The summed E-state index contributed by atoms with van der Waals surface area (Å²) in [6, 6.07) is 7.51. The fourth-order valence-corrected chi connectivity index (χ4v) is 4.65. The highest BCUT2D eigenvalue weighted by Crippen LogP contribution is 2.26. The van der Waals surface area contributed by atoms with Gasteiger partial charge in [-0.25, -0.2) is 13.2 Å². The van der Waals surface area contributed by atoms with Gasteiger partial charge in [-0.3, -0.25) is 0 Å². The van der Waals surface area contributed by atoms with Gasteiger partial charge in [0.2, 0.25) is 10.0 Å². The van der Waals surface area contributed by atoms with Gasteiger partial charge < -0.3 is 9.73 Å². The molecule has 2 heterocycles. The Labute approximate surface area is 153 Å². The lowest BCUT2D eigenvalue weighted by Crippen LogP contribution is -2.38. The number of hydrogen-bond donors (Lipinski definition) is 1. The monoisotopic (exact) mass is 386 g/mol. The standard InChI is InChI=1S/C17H22N2O4S.ClH/c1-18-9-6-13-7-10-19(11-8-13)24(21,22)15-3-4-16-14(12-15)2-5-17(20)23-16;/h2-5,12-13,18H,6-11H2,1H3;1H. The molecule has 1 aromatic heterocycles. The molecule has 1 aliphatic heterocycles. The lowest BCUT2D eigenvalue weighted by Gasteiger charge is -2.31. The summed E-state index contributed by atoms with van der Waals surface area (Å²) in [6.45, 7) is 2.07.